The van der Waals surface area contributed by atoms with E-state index in [0.717, 1.165) is 11.8 Å². The molecule has 3 unspecified atom stereocenters. The van der Waals surface area contributed by atoms with E-state index in [1.54, 1.807) is 0 Å². The van der Waals surface area contributed by atoms with Crippen LogP contribution in [-0.4, -0.2) is 12.1 Å². The number of hydrogen-bond acceptors (Lipinski definition) is 2. The summed E-state index contributed by atoms with van der Waals surface area (Å²) in [6, 6.07) is 3.20. The Balaban J connectivity index is 2.33. The number of nitrogens with zero attached hydrogens (tertiary/aromatic N) is 1. The number of nitrogens with one attached hydrogen (secondary N) is 1. The second kappa shape index (κ2) is 5.36. The van der Waals surface area contributed by atoms with Crippen molar-refractivity contribution in [2.24, 2.45) is 11.8 Å². The van der Waals surface area contributed by atoms with E-state index in [2.05, 4.69) is 32.2 Å². The van der Waals surface area contributed by atoms with E-state index in [1.807, 2.05) is 0 Å². The second-order valence-corrected chi connectivity index (χ2v) is 5.04. The van der Waals surface area contributed by atoms with Crippen LogP contribution in [0.15, 0.2) is 0 Å². The Kier molecular flexibility index (Phi) is 4.41. The van der Waals surface area contributed by atoms with Crippen molar-refractivity contribution in [1.82, 2.24) is 5.32 Å². The van der Waals surface area contributed by atoms with Crippen LogP contribution >= 0.6 is 0 Å². The Hall–Kier alpha value is -0.550. The molecule has 2 heteroatoms. The molecule has 1 aliphatic rings. The summed E-state index contributed by atoms with van der Waals surface area (Å²) in [6.45, 7) is 6.77. The average Bonchev–Trinajstić information content (AvgIpc) is 2.01. The summed E-state index contributed by atoms with van der Waals surface area (Å²) in [4.78, 5) is 0. The van der Waals surface area contributed by atoms with Crippen molar-refractivity contribution in [3.8, 4) is 6.07 Å². The summed E-state index contributed by atoms with van der Waals surface area (Å²) < 4.78 is 0. The molecule has 0 amide bonds. The molecule has 1 aliphatic carbocycles. The molecule has 0 aromatic carbocycles. The van der Waals surface area contributed by atoms with E-state index < -0.39 is 0 Å². The molecule has 0 aliphatic heterocycles. The Bertz CT molecular complexity index is 197. The van der Waals surface area contributed by atoms with Crippen molar-refractivity contribution in [3.05, 3.63) is 0 Å². The zero-order valence-corrected chi connectivity index (χ0v) is 9.59. The van der Waals surface area contributed by atoms with E-state index in [9.17, 15) is 0 Å². The molecule has 0 radical (unpaired) electrons. The van der Waals surface area contributed by atoms with E-state index in [1.165, 1.54) is 19.3 Å². The van der Waals surface area contributed by atoms with Gasteiger partial charge in [-0.05, 0) is 38.0 Å². The van der Waals surface area contributed by atoms with Gasteiger partial charge in [0.05, 0.1) is 12.5 Å². The largest absolute Gasteiger partial charge is 0.310 e. The van der Waals surface area contributed by atoms with Crippen molar-refractivity contribution >= 4 is 0 Å². The standard InChI is InChI=1S/C12H22N2/c1-9-6-10(2)8-12(7-9)14-11(3)4-5-13/h9-12,14H,4,6-8H2,1-3H3. The van der Waals surface area contributed by atoms with Gasteiger partial charge >= 0.3 is 0 Å². The van der Waals surface area contributed by atoms with Crippen LogP contribution in [0.4, 0.5) is 0 Å². The minimum absolute atomic E-state index is 0.350. The van der Waals surface area contributed by atoms with Gasteiger partial charge in [-0.1, -0.05) is 13.8 Å². The lowest BCUT2D eigenvalue weighted by Crippen LogP contribution is -2.41. The number of hydrogen-bond donors (Lipinski definition) is 1. The fourth-order valence-corrected chi connectivity index (χ4v) is 2.68. The predicted octanol–water partition coefficient (Wildman–Crippen LogP) is 2.70. The van der Waals surface area contributed by atoms with Crippen LogP contribution in [0.1, 0.15) is 46.5 Å². The lowest BCUT2D eigenvalue weighted by Gasteiger charge is -2.33. The molecule has 3 atom stereocenters. The SMILES string of the molecule is CC1CC(C)CC(NC(C)CC#N)C1. The second-order valence-electron chi connectivity index (χ2n) is 5.04. The average molecular weight is 194 g/mol. The van der Waals surface area contributed by atoms with Gasteiger partial charge in [0.1, 0.15) is 0 Å². The van der Waals surface area contributed by atoms with Gasteiger partial charge in [-0.3, -0.25) is 0 Å². The van der Waals surface area contributed by atoms with E-state index in [-0.39, 0.29) is 0 Å². The summed E-state index contributed by atoms with van der Waals surface area (Å²) >= 11 is 0. The van der Waals surface area contributed by atoms with Crippen LogP contribution in [0.25, 0.3) is 0 Å². The first-order valence-electron chi connectivity index (χ1n) is 5.74. The van der Waals surface area contributed by atoms with Gasteiger partial charge in [0.25, 0.3) is 0 Å². The molecule has 80 valence electrons. The predicted molar refractivity (Wildman–Crippen MR) is 58.8 cm³/mol. The van der Waals surface area contributed by atoms with Gasteiger partial charge in [0.2, 0.25) is 0 Å². The summed E-state index contributed by atoms with van der Waals surface area (Å²) in [7, 11) is 0. The normalized spacial score (nSPS) is 34.9. The van der Waals surface area contributed by atoms with Gasteiger partial charge in [-0.15, -0.1) is 0 Å². The molecule has 0 heterocycles. The molecule has 0 aromatic rings. The first-order chi connectivity index (χ1) is 6.61. The van der Waals surface area contributed by atoms with Gasteiger partial charge in [-0.2, -0.15) is 5.26 Å². The zero-order chi connectivity index (χ0) is 10.6. The lowest BCUT2D eigenvalue weighted by atomic mass is 9.80. The fraction of sp³-hybridized carbons (Fsp3) is 0.917. The maximum Gasteiger partial charge on any atom is 0.0638 e. The number of nitriles is 1. The Morgan fingerprint density at radius 3 is 2.36 bits per heavy atom. The zero-order valence-electron chi connectivity index (χ0n) is 9.59. The van der Waals surface area contributed by atoms with Crippen molar-refractivity contribution < 1.29 is 0 Å². The summed E-state index contributed by atoms with van der Waals surface area (Å²) in [5, 5.41) is 12.1. The molecule has 2 nitrogen and oxygen atoms in total. The highest BCUT2D eigenvalue weighted by molar-refractivity contribution is 4.84. The van der Waals surface area contributed by atoms with E-state index in [0.29, 0.717) is 18.5 Å². The first kappa shape index (κ1) is 11.5. The van der Waals surface area contributed by atoms with E-state index >= 15 is 0 Å². The highest BCUT2D eigenvalue weighted by Crippen LogP contribution is 2.28. The highest BCUT2D eigenvalue weighted by Gasteiger charge is 2.24. The molecule has 0 spiro atoms. The van der Waals surface area contributed by atoms with Crippen LogP contribution in [-0.2, 0) is 0 Å². The Morgan fingerprint density at radius 1 is 1.29 bits per heavy atom. The summed E-state index contributed by atoms with van der Waals surface area (Å²) in [6.07, 6.45) is 4.55. The van der Waals surface area contributed by atoms with Gasteiger partial charge in [0, 0.05) is 12.1 Å². The quantitative estimate of drug-likeness (QED) is 0.750. The van der Waals surface area contributed by atoms with Crippen LogP contribution in [0.5, 0.6) is 0 Å². The smallest absolute Gasteiger partial charge is 0.0638 e. The van der Waals surface area contributed by atoms with E-state index in [4.69, 9.17) is 5.26 Å². The molecule has 14 heavy (non-hydrogen) atoms. The van der Waals surface area contributed by atoms with Crippen molar-refractivity contribution in [2.45, 2.75) is 58.5 Å². The third-order valence-electron chi connectivity index (χ3n) is 3.10. The minimum Gasteiger partial charge on any atom is -0.310 e. The van der Waals surface area contributed by atoms with Crippen LogP contribution in [0.3, 0.4) is 0 Å². The minimum atomic E-state index is 0.350. The monoisotopic (exact) mass is 194 g/mol. The molecular weight excluding hydrogens is 172 g/mol. The molecule has 1 saturated carbocycles. The molecule has 0 bridgehead atoms. The van der Waals surface area contributed by atoms with Gasteiger partial charge in [0.15, 0.2) is 0 Å². The van der Waals surface area contributed by atoms with Crippen molar-refractivity contribution in [2.75, 3.05) is 0 Å². The Labute approximate surface area is 87.7 Å². The molecule has 1 rings (SSSR count). The molecule has 0 aromatic heterocycles. The van der Waals surface area contributed by atoms with Crippen LogP contribution in [0, 0.1) is 23.2 Å². The van der Waals surface area contributed by atoms with Gasteiger partial charge < -0.3 is 5.32 Å². The molecular formula is C12H22N2. The maximum atomic E-state index is 8.58. The topological polar surface area (TPSA) is 35.8 Å². The first-order valence-corrected chi connectivity index (χ1v) is 5.74. The molecule has 1 N–H and O–H groups in total. The summed E-state index contributed by atoms with van der Waals surface area (Å²) in [5.74, 6) is 1.68. The third-order valence-corrected chi connectivity index (χ3v) is 3.10. The highest BCUT2D eigenvalue weighted by atomic mass is 14.9. The van der Waals surface area contributed by atoms with Gasteiger partial charge in [-0.25, -0.2) is 0 Å². The number of rotatable bonds is 3. The Morgan fingerprint density at radius 2 is 1.86 bits per heavy atom. The van der Waals surface area contributed by atoms with Crippen molar-refractivity contribution in [1.29, 1.82) is 5.26 Å². The lowest BCUT2D eigenvalue weighted by molar-refractivity contribution is 0.228. The maximum absolute atomic E-state index is 8.58. The van der Waals surface area contributed by atoms with Crippen LogP contribution < -0.4 is 5.32 Å². The fourth-order valence-electron chi connectivity index (χ4n) is 2.68. The summed E-state index contributed by atoms with van der Waals surface area (Å²) in [5.41, 5.74) is 0. The molecule has 0 saturated heterocycles. The van der Waals surface area contributed by atoms with Crippen molar-refractivity contribution in [3.63, 3.8) is 0 Å². The van der Waals surface area contributed by atoms with Crippen LogP contribution in [0.2, 0.25) is 0 Å². The third kappa shape index (κ3) is 3.67. The molecule has 1 fully saturated rings.